The number of amides is 1. The van der Waals surface area contributed by atoms with Crippen LogP contribution in [-0.2, 0) is 9.47 Å². The molecule has 0 aromatic heterocycles. The summed E-state index contributed by atoms with van der Waals surface area (Å²) in [6, 6.07) is 7.69. The second-order valence-electron chi connectivity index (χ2n) is 4.91. The number of nitrogens with zero attached hydrogens (tertiary/aromatic N) is 1. The normalized spacial score (nSPS) is 21.8. The van der Waals surface area contributed by atoms with Gasteiger partial charge in [0.05, 0.1) is 13.2 Å². The number of benzene rings is 1. The molecule has 2 aliphatic heterocycles. The summed E-state index contributed by atoms with van der Waals surface area (Å²) >= 11 is 2.24. The van der Waals surface area contributed by atoms with E-state index in [1.807, 2.05) is 29.2 Å². The number of likely N-dealkylation sites (tertiary alicyclic amines) is 1. The largest absolute Gasteiger partial charge is 0.347 e. The van der Waals surface area contributed by atoms with Gasteiger partial charge in [0.25, 0.3) is 5.91 Å². The van der Waals surface area contributed by atoms with Gasteiger partial charge in [-0.15, -0.1) is 0 Å². The molecule has 1 spiro atoms. The highest BCUT2D eigenvalue weighted by Gasteiger charge is 2.40. The van der Waals surface area contributed by atoms with Crippen LogP contribution >= 0.6 is 22.6 Å². The monoisotopic (exact) mass is 373 g/mol. The summed E-state index contributed by atoms with van der Waals surface area (Å²) in [6.07, 6.45) is 1.53. The Balaban J connectivity index is 1.64. The Labute approximate surface area is 126 Å². The summed E-state index contributed by atoms with van der Waals surface area (Å²) in [4.78, 5) is 14.2. The predicted octanol–water partition coefficient (Wildman–Crippen LogP) is 2.27. The zero-order valence-electron chi connectivity index (χ0n) is 10.6. The SMILES string of the molecule is O=C(c1ccc(I)cc1)N1CCC2(CC1)OCCO2. The molecule has 0 atom stereocenters. The molecule has 2 aliphatic rings. The van der Waals surface area contributed by atoms with Crippen molar-refractivity contribution in [2.24, 2.45) is 0 Å². The Kier molecular flexibility index (Phi) is 3.77. The van der Waals surface area contributed by atoms with Gasteiger partial charge in [0.2, 0.25) is 0 Å². The smallest absolute Gasteiger partial charge is 0.253 e. The van der Waals surface area contributed by atoms with Gasteiger partial charge in [-0.05, 0) is 46.9 Å². The van der Waals surface area contributed by atoms with Crippen molar-refractivity contribution in [2.75, 3.05) is 26.3 Å². The number of halogens is 1. The van der Waals surface area contributed by atoms with Crippen LogP contribution < -0.4 is 0 Å². The molecular weight excluding hydrogens is 357 g/mol. The molecule has 3 rings (SSSR count). The Bertz CT molecular complexity index is 458. The number of rotatable bonds is 1. The maximum Gasteiger partial charge on any atom is 0.253 e. The van der Waals surface area contributed by atoms with Crippen molar-refractivity contribution in [1.29, 1.82) is 0 Å². The molecule has 2 heterocycles. The van der Waals surface area contributed by atoms with E-state index in [4.69, 9.17) is 9.47 Å². The van der Waals surface area contributed by atoms with Gasteiger partial charge in [0.15, 0.2) is 5.79 Å². The van der Waals surface area contributed by atoms with Crippen molar-refractivity contribution in [3.05, 3.63) is 33.4 Å². The number of piperidine rings is 1. The van der Waals surface area contributed by atoms with E-state index in [2.05, 4.69) is 22.6 Å². The first-order chi connectivity index (χ1) is 9.19. The average Bonchev–Trinajstić information content (AvgIpc) is 2.88. The summed E-state index contributed by atoms with van der Waals surface area (Å²) < 4.78 is 12.5. The highest BCUT2D eigenvalue weighted by Crippen LogP contribution is 2.31. The quantitative estimate of drug-likeness (QED) is 0.709. The summed E-state index contributed by atoms with van der Waals surface area (Å²) in [7, 11) is 0. The number of ether oxygens (including phenoxy) is 2. The lowest BCUT2D eigenvalue weighted by atomic mass is 10.0. The average molecular weight is 373 g/mol. The first-order valence-corrected chi connectivity index (χ1v) is 7.59. The highest BCUT2D eigenvalue weighted by molar-refractivity contribution is 14.1. The summed E-state index contributed by atoms with van der Waals surface area (Å²) in [5.41, 5.74) is 0.754. The lowest BCUT2D eigenvalue weighted by Gasteiger charge is -2.37. The maximum absolute atomic E-state index is 12.4. The van der Waals surface area contributed by atoms with E-state index in [1.165, 1.54) is 0 Å². The van der Waals surface area contributed by atoms with Gasteiger partial charge in [-0.3, -0.25) is 4.79 Å². The van der Waals surface area contributed by atoms with Crippen molar-refractivity contribution in [3.63, 3.8) is 0 Å². The molecule has 102 valence electrons. The molecule has 1 aromatic carbocycles. The van der Waals surface area contributed by atoms with Crippen LogP contribution in [0.3, 0.4) is 0 Å². The Morgan fingerprint density at radius 3 is 2.26 bits per heavy atom. The van der Waals surface area contributed by atoms with Gasteiger partial charge in [-0.1, -0.05) is 0 Å². The second-order valence-corrected chi connectivity index (χ2v) is 6.15. The minimum Gasteiger partial charge on any atom is -0.347 e. The van der Waals surface area contributed by atoms with Crippen molar-refractivity contribution >= 4 is 28.5 Å². The van der Waals surface area contributed by atoms with Gasteiger partial charge in [-0.25, -0.2) is 0 Å². The van der Waals surface area contributed by atoms with Crippen LogP contribution in [0.25, 0.3) is 0 Å². The fraction of sp³-hybridized carbons (Fsp3) is 0.500. The molecule has 4 nitrogen and oxygen atoms in total. The van der Waals surface area contributed by atoms with Gasteiger partial charge < -0.3 is 14.4 Å². The third-order valence-electron chi connectivity index (χ3n) is 3.72. The molecule has 5 heteroatoms. The van der Waals surface area contributed by atoms with E-state index in [0.717, 1.165) is 22.0 Å². The van der Waals surface area contributed by atoms with Gasteiger partial charge in [0, 0.05) is 35.1 Å². The van der Waals surface area contributed by atoms with Crippen LogP contribution in [0.2, 0.25) is 0 Å². The molecule has 2 fully saturated rings. The molecule has 19 heavy (non-hydrogen) atoms. The van der Waals surface area contributed by atoms with Crippen LogP contribution in [0.1, 0.15) is 23.2 Å². The van der Waals surface area contributed by atoms with Crippen LogP contribution in [0, 0.1) is 3.57 Å². The van der Waals surface area contributed by atoms with Crippen molar-refractivity contribution in [3.8, 4) is 0 Å². The molecule has 0 N–H and O–H groups in total. The third kappa shape index (κ3) is 2.78. The molecular formula is C14H16INO3. The van der Waals surface area contributed by atoms with E-state index in [-0.39, 0.29) is 5.91 Å². The lowest BCUT2D eigenvalue weighted by Crippen LogP contribution is -2.47. The summed E-state index contributed by atoms with van der Waals surface area (Å²) in [5.74, 6) is -0.313. The van der Waals surface area contributed by atoms with Gasteiger partial charge in [-0.2, -0.15) is 0 Å². The Hall–Kier alpha value is -0.660. The maximum atomic E-state index is 12.4. The second kappa shape index (κ2) is 5.38. The van der Waals surface area contributed by atoms with E-state index in [0.29, 0.717) is 26.3 Å². The number of hydrogen-bond donors (Lipinski definition) is 0. The Morgan fingerprint density at radius 2 is 1.68 bits per heavy atom. The van der Waals surface area contributed by atoms with E-state index in [9.17, 15) is 4.79 Å². The topological polar surface area (TPSA) is 38.8 Å². The van der Waals surface area contributed by atoms with Gasteiger partial charge in [0.1, 0.15) is 0 Å². The predicted molar refractivity (Wildman–Crippen MR) is 78.9 cm³/mol. The van der Waals surface area contributed by atoms with E-state index >= 15 is 0 Å². The molecule has 0 radical (unpaired) electrons. The minimum absolute atomic E-state index is 0.101. The highest BCUT2D eigenvalue weighted by atomic mass is 127. The molecule has 2 saturated heterocycles. The molecule has 1 amide bonds. The first kappa shape index (κ1) is 13.3. The summed E-state index contributed by atoms with van der Waals surface area (Å²) in [5, 5.41) is 0. The van der Waals surface area contributed by atoms with Crippen LogP contribution in [0.5, 0.6) is 0 Å². The standard InChI is InChI=1S/C14H16INO3/c15-12-3-1-11(2-4-12)13(17)16-7-5-14(6-8-16)18-9-10-19-14/h1-4H,5-10H2. The zero-order chi connectivity index (χ0) is 13.3. The van der Waals surface area contributed by atoms with Crippen LogP contribution in [0.15, 0.2) is 24.3 Å². The van der Waals surface area contributed by atoms with Crippen LogP contribution in [0.4, 0.5) is 0 Å². The molecule has 0 bridgehead atoms. The fourth-order valence-corrected chi connectivity index (χ4v) is 2.97. The molecule has 0 unspecified atom stereocenters. The minimum atomic E-state index is -0.414. The van der Waals surface area contributed by atoms with Gasteiger partial charge >= 0.3 is 0 Å². The van der Waals surface area contributed by atoms with E-state index in [1.54, 1.807) is 0 Å². The van der Waals surface area contributed by atoms with Crippen molar-refractivity contribution in [2.45, 2.75) is 18.6 Å². The Morgan fingerprint density at radius 1 is 1.11 bits per heavy atom. The molecule has 0 aliphatic carbocycles. The zero-order valence-corrected chi connectivity index (χ0v) is 12.8. The molecule has 1 aromatic rings. The fourth-order valence-electron chi connectivity index (χ4n) is 2.61. The van der Waals surface area contributed by atoms with E-state index < -0.39 is 5.79 Å². The summed E-state index contributed by atoms with van der Waals surface area (Å²) in [6.45, 7) is 2.74. The number of carbonyl (C=O) groups excluding carboxylic acids is 1. The lowest BCUT2D eigenvalue weighted by molar-refractivity contribution is -0.181. The number of carbonyl (C=O) groups is 1. The number of hydrogen-bond acceptors (Lipinski definition) is 3. The van der Waals surface area contributed by atoms with Crippen molar-refractivity contribution in [1.82, 2.24) is 4.90 Å². The van der Waals surface area contributed by atoms with Crippen molar-refractivity contribution < 1.29 is 14.3 Å². The first-order valence-electron chi connectivity index (χ1n) is 6.51. The molecule has 0 saturated carbocycles. The third-order valence-corrected chi connectivity index (χ3v) is 4.44. The van der Waals surface area contributed by atoms with Crippen LogP contribution in [-0.4, -0.2) is 42.9 Å².